The predicted octanol–water partition coefficient (Wildman–Crippen LogP) is 5.84. The molecule has 0 spiro atoms. The Morgan fingerprint density at radius 3 is 1.40 bits per heavy atom. The summed E-state index contributed by atoms with van der Waals surface area (Å²) in [5.74, 6) is -0.667. The maximum atomic E-state index is 10.3. The molecule has 0 unspecified atom stereocenters. The van der Waals surface area contributed by atoms with Crippen LogP contribution in [0, 0.1) is 0 Å². The molecule has 0 bridgehead atoms. The van der Waals surface area contributed by atoms with Crippen LogP contribution in [0.4, 0.5) is 0 Å². The van der Waals surface area contributed by atoms with Gasteiger partial charge in [0, 0.05) is 6.42 Å². The molecule has 0 aromatic carbocycles. The van der Waals surface area contributed by atoms with E-state index in [1.807, 2.05) is 0 Å². The van der Waals surface area contributed by atoms with E-state index in [-0.39, 0.29) is 0 Å². The first-order chi connectivity index (χ1) is 9.63. The quantitative estimate of drug-likeness (QED) is 0.231. The van der Waals surface area contributed by atoms with Crippen molar-refractivity contribution in [3.8, 4) is 0 Å². The summed E-state index contributed by atoms with van der Waals surface area (Å²) in [4.78, 5) is 10.3. The molecular formula is C15H30Cl2O2Si. The van der Waals surface area contributed by atoms with Crippen molar-refractivity contribution in [1.82, 2.24) is 0 Å². The van der Waals surface area contributed by atoms with Gasteiger partial charge in [-0.1, -0.05) is 70.6 Å². The summed E-state index contributed by atoms with van der Waals surface area (Å²) in [6.45, 7) is 0. The number of carbonyl (C=O) groups is 1. The highest BCUT2D eigenvalue weighted by Crippen LogP contribution is 2.14. The van der Waals surface area contributed by atoms with Gasteiger partial charge in [-0.05, 0) is 12.5 Å². The summed E-state index contributed by atoms with van der Waals surface area (Å²) in [7, 11) is -1.35. The van der Waals surface area contributed by atoms with Gasteiger partial charge in [0.1, 0.15) is 0 Å². The number of hydrogen-bond acceptors (Lipinski definition) is 1. The lowest BCUT2D eigenvalue weighted by atomic mass is 10.0. The number of unbranched alkanes of at least 4 members (excludes halogenated alkanes) is 11. The second-order valence-electron chi connectivity index (χ2n) is 5.57. The number of carboxylic acid groups (broad SMARTS) is 1. The zero-order chi connectivity index (χ0) is 15.1. The number of hydrogen-bond donors (Lipinski definition) is 1. The van der Waals surface area contributed by atoms with Crippen LogP contribution in [0.5, 0.6) is 0 Å². The fourth-order valence-corrected chi connectivity index (χ4v) is 3.87. The molecule has 0 saturated carbocycles. The molecule has 20 heavy (non-hydrogen) atoms. The van der Waals surface area contributed by atoms with Crippen molar-refractivity contribution in [1.29, 1.82) is 0 Å². The summed E-state index contributed by atoms with van der Waals surface area (Å²) in [6.07, 6.45) is 15.2. The van der Waals surface area contributed by atoms with Crippen molar-refractivity contribution >= 4 is 35.5 Å². The Morgan fingerprint density at radius 1 is 0.700 bits per heavy atom. The third kappa shape index (κ3) is 18.3. The molecule has 0 aliphatic heterocycles. The van der Waals surface area contributed by atoms with Crippen molar-refractivity contribution in [2.24, 2.45) is 0 Å². The number of halogens is 2. The second kappa shape index (κ2) is 15.7. The minimum Gasteiger partial charge on any atom is -0.481 e. The number of aliphatic carboxylic acids is 1. The maximum Gasteiger partial charge on any atom is 0.303 e. The van der Waals surface area contributed by atoms with Gasteiger partial charge in [0.15, 0.2) is 0 Å². The van der Waals surface area contributed by atoms with Crippen LogP contribution in [-0.4, -0.2) is 18.5 Å². The molecule has 0 aliphatic carbocycles. The monoisotopic (exact) mass is 340 g/mol. The molecule has 5 heteroatoms. The van der Waals surface area contributed by atoms with Crippen LogP contribution in [0.2, 0.25) is 6.04 Å². The molecule has 120 valence electrons. The van der Waals surface area contributed by atoms with E-state index >= 15 is 0 Å². The van der Waals surface area contributed by atoms with E-state index < -0.39 is 13.4 Å². The molecule has 0 heterocycles. The number of carboxylic acids is 1. The van der Waals surface area contributed by atoms with E-state index in [1.165, 1.54) is 64.2 Å². The van der Waals surface area contributed by atoms with Gasteiger partial charge in [-0.25, -0.2) is 0 Å². The predicted molar refractivity (Wildman–Crippen MR) is 91.3 cm³/mol. The molecule has 0 aliphatic rings. The third-order valence-corrected chi connectivity index (χ3v) is 5.72. The smallest absolute Gasteiger partial charge is 0.303 e. The van der Waals surface area contributed by atoms with Crippen molar-refractivity contribution in [3.05, 3.63) is 0 Å². The molecule has 0 amide bonds. The Bertz CT molecular complexity index is 226. The Hall–Kier alpha value is 0.267. The van der Waals surface area contributed by atoms with Gasteiger partial charge in [-0.3, -0.25) is 4.79 Å². The standard InChI is InChI=1S/C15H30Cl2O2Si/c16-20(17)14-12-10-8-6-4-2-1-3-5-7-9-11-13-15(18)19/h20H,1-14H2,(H,18,19). The highest BCUT2D eigenvalue weighted by atomic mass is 35.7. The van der Waals surface area contributed by atoms with E-state index in [4.69, 9.17) is 27.3 Å². The highest BCUT2D eigenvalue weighted by Gasteiger charge is 2.00. The van der Waals surface area contributed by atoms with Crippen molar-refractivity contribution in [2.45, 2.75) is 89.5 Å². The van der Waals surface area contributed by atoms with Crippen LogP contribution < -0.4 is 0 Å². The van der Waals surface area contributed by atoms with E-state index in [1.54, 1.807) is 0 Å². The molecule has 0 radical (unpaired) electrons. The largest absolute Gasteiger partial charge is 0.481 e. The van der Waals surface area contributed by atoms with E-state index in [0.717, 1.165) is 18.9 Å². The molecule has 0 aromatic rings. The lowest BCUT2D eigenvalue weighted by Gasteiger charge is -2.03. The molecule has 0 saturated heterocycles. The van der Waals surface area contributed by atoms with Crippen molar-refractivity contribution < 1.29 is 9.90 Å². The van der Waals surface area contributed by atoms with Gasteiger partial charge in [-0.15, -0.1) is 0 Å². The fraction of sp³-hybridized carbons (Fsp3) is 0.933. The van der Waals surface area contributed by atoms with Crippen molar-refractivity contribution in [2.75, 3.05) is 0 Å². The second-order valence-corrected chi connectivity index (χ2v) is 10.8. The van der Waals surface area contributed by atoms with Crippen LogP contribution in [-0.2, 0) is 4.79 Å². The molecule has 0 atom stereocenters. The summed E-state index contributed by atoms with van der Waals surface area (Å²) in [6, 6.07) is 1.06. The van der Waals surface area contributed by atoms with Gasteiger partial charge < -0.3 is 5.11 Å². The van der Waals surface area contributed by atoms with Crippen LogP contribution in [0.3, 0.4) is 0 Å². The maximum absolute atomic E-state index is 10.3. The summed E-state index contributed by atoms with van der Waals surface area (Å²) in [5, 5.41) is 8.51. The molecule has 1 N–H and O–H groups in total. The normalized spacial score (nSPS) is 11.2. The zero-order valence-electron chi connectivity index (χ0n) is 12.6. The minimum absolute atomic E-state index is 0.330. The fourth-order valence-electron chi connectivity index (χ4n) is 2.34. The van der Waals surface area contributed by atoms with Gasteiger partial charge in [-0.2, -0.15) is 22.2 Å². The van der Waals surface area contributed by atoms with Crippen LogP contribution in [0.25, 0.3) is 0 Å². The average Bonchev–Trinajstić information content (AvgIpc) is 2.38. The van der Waals surface area contributed by atoms with Gasteiger partial charge in [0.25, 0.3) is 0 Å². The Morgan fingerprint density at radius 2 is 1.05 bits per heavy atom. The Balaban J connectivity index is 2.97. The average molecular weight is 341 g/mol. The highest BCUT2D eigenvalue weighted by molar-refractivity contribution is 7.33. The van der Waals surface area contributed by atoms with Crippen LogP contribution in [0.1, 0.15) is 83.5 Å². The summed E-state index contributed by atoms with van der Waals surface area (Å²) >= 11 is 11.6. The van der Waals surface area contributed by atoms with Crippen LogP contribution in [0.15, 0.2) is 0 Å². The van der Waals surface area contributed by atoms with E-state index in [2.05, 4.69) is 0 Å². The summed E-state index contributed by atoms with van der Waals surface area (Å²) in [5.41, 5.74) is 0. The number of rotatable bonds is 15. The topological polar surface area (TPSA) is 37.3 Å². The van der Waals surface area contributed by atoms with E-state index in [0.29, 0.717) is 6.42 Å². The van der Waals surface area contributed by atoms with Crippen LogP contribution >= 0.6 is 22.2 Å². The van der Waals surface area contributed by atoms with Gasteiger partial charge in [0.2, 0.25) is 7.42 Å². The van der Waals surface area contributed by atoms with E-state index in [9.17, 15) is 4.79 Å². The Kier molecular flexibility index (Phi) is 15.9. The lowest BCUT2D eigenvalue weighted by Crippen LogP contribution is -1.93. The Labute approximate surface area is 135 Å². The third-order valence-electron chi connectivity index (χ3n) is 3.56. The first kappa shape index (κ1) is 20.3. The summed E-state index contributed by atoms with van der Waals surface area (Å²) < 4.78 is 0. The van der Waals surface area contributed by atoms with Gasteiger partial charge >= 0.3 is 5.97 Å². The first-order valence-electron chi connectivity index (χ1n) is 8.13. The lowest BCUT2D eigenvalue weighted by molar-refractivity contribution is -0.137. The molecule has 0 aromatic heterocycles. The molecule has 0 rings (SSSR count). The molecule has 2 nitrogen and oxygen atoms in total. The zero-order valence-corrected chi connectivity index (χ0v) is 15.3. The van der Waals surface area contributed by atoms with Gasteiger partial charge in [0.05, 0.1) is 0 Å². The minimum atomic E-state index is -1.35. The SMILES string of the molecule is O=C(O)CCCCCCCCCCCCCC[SiH](Cl)Cl. The molecule has 0 fully saturated rings. The van der Waals surface area contributed by atoms with Crippen molar-refractivity contribution in [3.63, 3.8) is 0 Å². The first-order valence-corrected chi connectivity index (χ1v) is 12.4. The molecular weight excluding hydrogens is 311 g/mol.